The van der Waals surface area contributed by atoms with Crippen molar-refractivity contribution in [2.24, 2.45) is 0 Å². The number of aryl methyl sites for hydroxylation is 1. The lowest BCUT2D eigenvalue weighted by Gasteiger charge is -2.05. The number of rotatable bonds is 4. The van der Waals surface area contributed by atoms with E-state index in [9.17, 15) is 18.0 Å². The molecule has 0 aliphatic rings. The minimum Gasteiger partial charge on any atom is -0.497 e. The van der Waals surface area contributed by atoms with Crippen molar-refractivity contribution < 1.29 is 22.7 Å². The molecule has 0 spiro atoms. The standard InChI is InChI=1S/C11H11F3O2/c1-16-9-5-2-8(3-6-9)4-7-10(15)11(12,13)14/h2-3,5-6H,4,7H2,1H3. The second-order valence-corrected chi connectivity index (χ2v) is 3.27. The van der Waals surface area contributed by atoms with E-state index in [4.69, 9.17) is 4.74 Å². The van der Waals surface area contributed by atoms with Crippen LogP contribution in [0.25, 0.3) is 0 Å². The van der Waals surface area contributed by atoms with Crippen molar-refractivity contribution >= 4 is 5.78 Å². The molecule has 5 heteroatoms. The molecule has 0 unspecified atom stereocenters. The summed E-state index contributed by atoms with van der Waals surface area (Å²) in [5, 5.41) is 0. The van der Waals surface area contributed by atoms with Crippen molar-refractivity contribution in [2.45, 2.75) is 19.0 Å². The molecule has 0 aliphatic heterocycles. The highest BCUT2D eigenvalue weighted by atomic mass is 19.4. The molecule has 2 nitrogen and oxygen atoms in total. The molecular weight excluding hydrogens is 221 g/mol. The van der Waals surface area contributed by atoms with Crippen LogP contribution < -0.4 is 4.74 Å². The van der Waals surface area contributed by atoms with Crippen LogP contribution in [-0.4, -0.2) is 19.1 Å². The van der Waals surface area contributed by atoms with Gasteiger partial charge in [-0.15, -0.1) is 0 Å². The number of hydrogen-bond donors (Lipinski definition) is 0. The van der Waals surface area contributed by atoms with E-state index >= 15 is 0 Å². The molecule has 0 heterocycles. The molecule has 1 rings (SSSR count). The van der Waals surface area contributed by atoms with Crippen LogP contribution in [0.5, 0.6) is 5.75 Å². The number of alkyl halides is 3. The highest BCUT2D eigenvalue weighted by Crippen LogP contribution is 2.20. The maximum absolute atomic E-state index is 11.9. The lowest BCUT2D eigenvalue weighted by atomic mass is 10.1. The number of ether oxygens (including phenoxy) is 1. The fraction of sp³-hybridized carbons (Fsp3) is 0.364. The van der Waals surface area contributed by atoms with Crippen LogP contribution in [0.15, 0.2) is 24.3 Å². The fourth-order valence-electron chi connectivity index (χ4n) is 1.19. The molecule has 0 atom stereocenters. The van der Waals surface area contributed by atoms with E-state index in [-0.39, 0.29) is 6.42 Å². The van der Waals surface area contributed by atoms with E-state index in [0.29, 0.717) is 11.3 Å². The van der Waals surface area contributed by atoms with Gasteiger partial charge in [0.2, 0.25) is 5.78 Å². The fourth-order valence-corrected chi connectivity index (χ4v) is 1.19. The smallest absolute Gasteiger partial charge is 0.449 e. The Labute approximate surface area is 91.0 Å². The van der Waals surface area contributed by atoms with Crippen molar-refractivity contribution in [2.75, 3.05) is 7.11 Å². The van der Waals surface area contributed by atoms with E-state index in [1.165, 1.54) is 7.11 Å². The Morgan fingerprint density at radius 2 is 1.81 bits per heavy atom. The zero-order valence-corrected chi connectivity index (χ0v) is 8.67. The van der Waals surface area contributed by atoms with Crippen LogP contribution >= 0.6 is 0 Å². The maximum Gasteiger partial charge on any atom is 0.449 e. The van der Waals surface area contributed by atoms with Crippen molar-refractivity contribution in [1.82, 2.24) is 0 Å². The average molecular weight is 232 g/mol. The van der Waals surface area contributed by atoms with Gasteiger partial charge in [-0.25, -0.2) is 0 Å². The Bertz CT molecular complexity index is 354. The van der Waals surface area contributed by atoms with Crippen LogP contribution in [0.1, 0.15) is 12.0 Å². The van der Waals surface area contributed by atoms with Gasteiger partial charge >= 0.3 is 6.18 Å². The monoisotopic (exact) mass is 232 g/mol. The molecular formula is C11H11F3O2. The Kier molecular flexibility index (Phi) is 3.93. The molecule has 0 fully saturated rings. The van der Waals surface area contributed by atoms with Crippen molar-refractivity contribution in [3.8, 4) is 5.75 Å². The Balaban J connectivity index is 2.52. The first-order valence-electron chi connectivity index (χ1n) is 4.66. The first-order valence-corrected chi connectivity index (χ1v) is 4.66. The van der Waals surface area contributed by atoms with E-state index in [1.54, 1.807) is 24.3 Å². The molecule has 88 valence electrons. The molecule has 1 aromatic rings. The molecule has 0 aliphatic carbocycles. The molecule has 0 N–H and O–H groups in total. The normalized spacial score (nSPS) is 11.2. The third-order valence-corrected chi connectivity index (χ3v) is 2.12. The number of benzene rings is 1. The predicted octanol–water partition coefficient (Wildman–Crippen LogP) is 2.76. The molecule has 0 amide bonds. The van der Waals surface area contributed by atoms with Gasteiger partial charge in [-0.2, -0.15) is 13.2 Å². The largest absolute Gasteiger partial charge is 0.497 e. The van der Waals surface area contributed by atoms with Crippen molar-refractivity contribution in [3.63, 3.8) is 0 Å². The maximum atomic E-state index is 11.9. The predicted molar refractivity (Wildman–Crippen MR) is 52.4 cm³/mol. The summed E-state index contributed by atoms with van der Waals surface area (Å²) in [6, 6.07) is 6.58. The summed E-state index contributed by atoms with van der Waals surface area (Å²) < 4.78 is 40.6. The Hall–Kier alpha value is -1.52. The summed E-state index contributed by atoms with van der Waals surface area (Å²) in [6.07, 6.45) is -5.16. The summed E-state index contributed by atoms with van der Waals surface area (Å²) in [5.41, 5.74) is 0.679. The van der Waals surface area contributed by atoms with Crippen molar-refractivity contribution in [3.05, 3.63) is 29.8 Å². The van der Waals surface area contributed by atoms with Gasteiger partial charge in [-0.3, -0.25) is 4.79 Å². The molecule has 1 aromatic carbocycles. The molecule has 16 heavy (non-hydrogen) atoms. The number of halogens is 3. The van der Waals surface area contributed by atoms with Crippen LogP contribution in [0, 0.1) is 0 Å². The van der Waals surface area contributed by atoms with Crippen LogP contribution in [0.2, 0.25) is 0 Å². The summed E-state index contributed by atoms with van der Waals surface area (Å²) in [5.74, 6) is -1.06. The summed E-state index contributed by atoms with van der Waals surface area (Å²) in [7, 11) is 1.50. The highest BCUT2D eigenvalue weighted by molar-refractivity contribution is 5.84. The van der Waals surface area contributed by atoms with Gasteiger partial charge in [0.1, 0.15) is 5.75 Å². The van der Waals surface area contributed by atoms with Gasteiger partial charge in [0.15, 0.2) is 0 Å². The Morgan fingerprint density at radius 3 is 2.25 bits per heavy atom. The van der Waals surface area contributed by atoms with E-state index in [0.717, 1.165) is 0 Å². The molecule has 0 saturated heterocycles. The summed E-state index contributed by atoms with van der Waals surface area (Å²) >= 11 is 0. The van der Waals surface area contributed by atoms with Crippen molar-refractivity contribution in [1.29, 1.82) is 0 Å². The molecule has 0 radical (unpaired) electrons. The second-order valence-electron chi connectivity index (χ2n) is 3.27. The molecule has 0 bridgehead atoms. The van der Waals surface area contributed by atoms with E-state index in [2.05, 4.69) is 0 Å². The van der Waals surface area contributed by atoms with Crippen LogP contribution in [0.4, 0.5) is 13.2 Å². The van der Waals surface area contributed by atoms with E-state index in [1.807, 2.05) is 0 Å². The van der Waals surface area contributed by atoms with Gasteiger partial charge in [0, 0.05) is 6.42 Å². The summed E-state index contributed by atoms with van der Waals surface area (Å²) in [6.45, 7) is 0. The zero-order valence-electron chi connectivity index (χ0n) is 8.67. The molecule has 0 saturated carbocycles. The van der Waals surface area contributed by atoms with E-state index < -0.39 is 18.4 Å². The third-order valence-electron chi connectivity index (χ3n) is 2.12. The van der Waals surface area contributed by atoms with Crippen LogP contribution in [-0.2, 0) is 11.2 Å². The number of methoxy groups -OCH3 is 1. The van der Waals surface area contributed by atoms with Gasteiger partial charge in [-0.1, -0.05) is 12.1 Å². The number of carbonyl (C=O) groups is 1. The quantitative estimate of drug-likeness (QED) is 0.797. The van der Waals surface area contributed by atoms with Gasteiger partial charge < -0.3 is 4.74 Å². The van der Waals surface area contributed by atoms with Gasteiger partial charge in [0.25, 0.3) is 0 Å². The summed E-state index contributed by atoms with van der Waals surface area (Å²) in [4.78, 5) is 10.6. The minimum absolute atomic E-state index is 0.0857. The molecule has 0 aromatic heterocycles. The number of hydrogen-bond acceptors (Lipinski definition) is 2. The zero-order chi connectivity index (χ0) is 12.2. The van der Waals surface area contributed by atoms with Gasteiger partial charge in [-0.05, 0) is 24.1 Å². The SMILES string of the molecule is COc1ccc(CCC(=O)C(F)(F)F)cc1. The number of Topliss-reactive ketones (excluding diaryl/α,β-unsaturated/α-hetero) is 1. The highest BCUT2D eigenvalue weighted by Gasteiger charge is 2.37. The third kappa shape index (κ3) is 3.56. The second kappa shape index (κ2) is 5.01. The number of carbonyl (C=O) groups excluding carboxylic acids is 1. The average Bonchev–Trinajstić information content (AvgIpc) is 2.25. The first-order chi connectivity index (χ1) is 7.43. The minimum atomic E-state index is -4.73. The topological polar surface area (TPSA) is 26.3 Å². The number of ketones is 1. The Morgan fingerprint density at radius 1 is 1.25 bits per heavy atom. The van der Waals surface area contributed by atoms with Crippen LogP contribution in [0.3, 0.4) is 0 Å². The lowest BCUT2D eigenvalue weighted by Crippen LogP contribution is -2.22. The van der Waals surface area contributed by atoms with Gasteiger partial charge in [0.05, 0.1) is 7.11 Å². The lowest BCUT2D eigenvalue weighted by molar-refractivity contribution is -0.171. The first kappa shape index (κ1) is 12.5.